The molecule has 0 bridgehead atoms. The van der Waals surface area contributed by atoms with Crippen molar-refractivity contribution >= 4 is 12.1 Å². The lowest BCUT2D eigenvalue weighted by molar-refractivity contribution is 0.311. The van der Waals surface area contributed by atoms with Gasteiger partial charge < -0.3 is 0 Å². The van der Waals surface area contributed by atoms with Crippen LogP contribution < -0.4 is 0 Å². The van der Waals surface area contributed by atoms with Gasteiger partial charge in [-0.25, -0.2) is 8.61 Å². The summed E-state index contributed by atoms with van der Waals surface area (Å²) in [5.74, 6) is 0. The fourth-order valence-corrected chi connectivity index (χ4v) is 1.10. The van der Waals surface area contributed by atoms with Crippen LogP contribution in [0.15, 0.2) is 0 Å². The number of nitrogens with zero attached hydrogens (tertiary/aromatic N) is 2. The first-order valence-electron chi connectivity index (χ1n) is 3.43. The quantitative estimate of drug-likeness (QED) is 0.572. The standard InChI is InChI=1S/C7H18N2S/c1-7(2,3)9(6)10-8(4)5/h1-6H3. The molecular weight excluding hydrogens is 144 g/mol. The van der Waals surface area contributed by atoms with Crippen LogP contribution in [-0.2, 0) is 0 Å². The molecule has 0 rings (SSSR count). The number of hydrogen-bond donors (Lipinski definition) is 0. The van der Waals surface area contributed by atoms with Gasteiger partial charge in [0, 0.05) is 17.7 Å². The first-order valence-corrected chi connectivity index (χ1v) is 4.16. The van der Waals surface area contributed by atoms with E-state index in [4.69, 9.17) is 0 Å². The average Bonchev–Trinajstić information content (AvgIpc) is 1.60. The van der Waals surface area contributed by atoms with Gasteiger partial charge in [0.25, 0.3) is 0 Å². The van der Waals surface area contributed by atoms with E-state index >= 15 is 0 Å². The predicted molar refractivity (Wildman–Crippen MR) is 48.8 cm³/mol. The Balaban J connectivity index is 3.73. The van der Waals surface area contributed by atoms with Gasteiger partial charge in [-0.15, -0.1) is 0 Å². The zero-order valence-electron chi connectivity index (χ0n) is 7.80. The van der Waals surface area contributed by atoms with Crippen LogP contribution in [0.4, 0.5) is 0 Å². The van der Waals surface area contributed by atoms with Gasteiger partial charge in [0.15, 0.2) is 0 Å². The summed E-state index contributed by atoms with van der Waals surface area (Å²) in [6, 6.07) is 0. The fourth-order valence-electron chi connectivity index (χ4n) is 0.367. The van der Waals surface area contributed by atoms with Crippen LogP contribution in [-0.4, -0.2) is 35.3 Å². The van der Waals surface area contributed by atoms with Crippen molar-refractivity contribution in [3.8, 4) is 0 Å². The molecule has 0 aliphatic rings. The van der Waals surface area contributed by atoms with E-state index in [1.807, 2.05) is 14.1 Å². The van der Waals surface area contributed by atoms with Crippen LogP contribution >= 0.6 is 12.1 Å². The summed E-state index contributed by atoms with van der Waals surface area (Å²) in [6.07, 6.45) is 0. The zero-order chi connectivity index (χ0) is 8.36. The molecule has 10 heavy (non-hydrogen) atoms. The predicted octanol–water partition coefficient (Wildman–Crippen LogP) is 1.84. The smallest absolute Gasteiger partial charge is 0.0238 e. The van der Waals surface area contributed by atoms with Gasteiger partial charge in [0.05, 0.1) is 0 Å². The molecule has 0 heterocycles. The summed E-state index contributed by atoms with van der Waals surface area (Å²) in [6.45, 7) is 6.59. The van der Waals surface area contributed by atoms with Gasteiger partial charge >= 0.3 is 0 Å². The van der Waals surface area contributed by atoms with E-state index in [9.17, 15) is 0 Å². The van der Waals surface area contributed by atoms with Crippen molar-refractivity contribution in [1.29, 1.82) is 0 Å². The summed E-state index contributed by atoms with van der Waals surface area (Å²) in [4.78, 5) is 0. The highest BCUT2D eigenvalue weighted by Gasteiger charge is 2.17. The molecule has 62 valence electrons. The molecule has 0 amide bonds. The van der Waals surface area contributed by atoms with E-state index in [2.05, 4.69) is 36.4 Å². The Hall–Kier alpha value is 0.270. The molecule has 0 unspecified atom stereocenters. The van der Waals surface area contributed by atoms with Crippen LogP contribution in [0.5, 0.6) is 0 Å². The lowest BCUT2D eigenvalue weighted by Gasteiger charge is -2.32. The summed E-state index contributed by atoms with van der Waals surface area (Å²) in [5, 5.41) is 0. The maximum atomic E-state index is 2.23. The molecule has 0 N–H and O–H groups in total. The largest absolute Gasteiger partial charge is 0.243 e. The molecule has 0 saturated carbocycles. The second-order valence-electron chi connectivity index (χ2n) is 3.56. The van der Waals surface area contributed by atoms with Gasteiger partial charge in [-0.05, 0) is 41.9 Å². The molecule has 2 nitrogen and oxygen atoms in total. The van der Waals surface area contributed by atoms with E-state index in [1.165, 1.54) is 0 Å². The summed E-state index contributed by atoms with van der Waals surface area (Å²) in [5.41, 5.74) is 0.245. The lowest BCUT2D eigenvalue weighted by atomic mass is 10.1. The van der Waals surface area contributed by atoms with Crippen LogP contribution in [0, 0.1) is 0 Å². The summed E-state index contributed by atoms with van der Waals surface area (Å²) in [7, 11) is 6.20. The maximum Gasteiger partial charge on any atom is 0.0238 e. The Morgan fingerprint density at radius 3 is 1.50 bits per heavy atom. The first kappa shape index (κ1) is 10.3. The fraction of sp³-hybridized carbons (Fsp3) is 1.00. The number of hydrogen-bond acceptors (Lipinski definition) is 3. The van der Waals surface area contributed by atoms with Gasteiger partial charge in [-0.1, -0.05) is 0 Å². The Labute approximate surface area is 68.8 Å². The van der Waals surface area contributed by atoms with Crippen molar-refractivity contribution in [3.05, 3.63) is 0 Å². The van der Waals surface area contributed by atoms with Gasteiger partial charge in [0.2, 0.25) is 0 Å². The van der Waals surface area contributed by atoms with Crippen LogP contribution in [0.3, 0.4) is 0 Å². The van der Waals surface area contributed by atoms with Crippen molar-refractivity contribution in [1.82, 2.24) is 8.61 Å². The van der Waals surface area contributed by atoms with E-state index < -0.39 is 0 Å². The normalized spacial score (nSPS) is 13.2. The molecule has 0 spiro atoms. The SMILES string of the molecule is CN(C)SN(C)C(C)(C)C. The number of rotatable bonds is 2. The first-order chi connectivity index (χ1) is 4.34. The maximum absolute atomic E-state index is 2.23. The highest BCUT2D eigenvalue weighted by molar-refractivity contribution is 7.94. The molecule has 3 heteroatoms. The average molecular weight is 162 g/mol. The minimum Gasteiger partial charge on any atom is -0.243 e. The molecule has 0 aromatic rings. The third kappa shape index (κ3) is 4.14. The Kier molecular flexibility index (Phi) is 3.70. The molecule has 0 fully saturated rings. The van der Waals surface area contributed by atoms with Crippen LogP contribution in [0.1, 0.15) is 20.8 Å². The molecule has 0 aromatic heterocycles. The second kappa shape index (κ2) is 3.60. The van der Waals surface area contributed by atoms with Crippen molar-refractivity contribution < 1.29 is 0 Å². The minimum atomic E-state index is 0.245. The molecule has 0 radical (unpaired) electrons. The van der Waals surface area contributed by atoms with Gasteiger partial charge in [-0.3, -0.25) is 0 Å². The summed E-state index contributed by atoms with van der Waals surface area (Å²) < 4.78 is 4.32. The Morgan fingerprint density at radius 1 is 1.00 bits per heavy atom. The topological polar surface area (TPSA) is 6.48 Å². The lowest BCUT2D eigenvalue weighted by Crippen LogP contribution is -2.34. The molecule has 0 aromatic carbocycles. The molecular formula is C7H18N2S. The minimum absolute atomic E-state index is 0.245. The monoisotopic (exact) mass is 162 g/mol. The van der Waals surface area contributed by atoms with Gasteiger partial charge in [0.1, 0.15) is 0 Å². The zero-order valence-corrected chi connectivity index (χ0v) is 8.62. The van der Waals surface area contributed by atoms with E-state index in [0.717, 1.165) is 0 Å². The van der Waals surface area contributed by atoms with Crippen molar-refractivity contribution in [2.75, 3.05) is 21.1 Å². The van der Waals surface area contributed by atoms with E-state index in [1.54, 1.807) is 12.1 Å². The Bertz CT molecular complexity index is 96.3. The van der Waals surface area contributed by atoms with Crippen LogP contribution in [0.2, 0.25) is 0 Å². The van der Waals surface area contributed by atoms with Crippen molar-refractivity contribution in [3.63, 3.8) is 0 Å². The molecule has 0 atom stereocenters. The molecule has 0 aliphatic carbocycles. The van der Waals surface area contributed by atoms with Crippen molar-refractivity contribution in [2.45, 2.75) is 26.3 Å². The second-order valence-corrected chi connectivity index (χ2v) is 5.00. The van der Waals surface area contributed by atoms with Gasteiger partial charge in [-0.2, -0.15) is 0 Å². The van der Waals surface area contributed by atoms with E-state index in [-0.39, 0.29) is 5.54 Å². The molecule has 0 aliphatic heterocycles. The van der Waals surface area contributed by atoms with Crippen LogP contribution in [0.25, 0.3) is 0 Å². The third-order valence-corrected chi connectivity index (χ3v) is 2.35. The highest BCUT2D eigenvalue weighted by Crippen LogP contribution is 2.20. The Morgan fingerprint density at radius 2 is 1.40 bits per heavy atom. The summed E-state index contributed by atoms with van der Waals surface area (Å²) >= 11 is 1.73. The molecule has 0 saturated heterocycles. The van der Waals surface area contributed by atoms with E-state index in [0.29, 0.717) is 0 Å². The van der Waals surface area contributed by atoms with Crippen molar-refractivity contribution in [2.24, 2.45) is 0 Å². The highest BCUT2D eigenvalue weighted by atomic mass is 32.2. The third-order valence-electron chi connectivity index (χ3n) is 1.23.